The highest BCUT2D eigenvalue weighted by molar-refractivity contribution is 7.35. The summed E-state index contributed by atoms with van der Waals surface area (Å²) in [6, 6.07) is 20.6. The smallest absolute Gasteiger partial charge is 0.213 e. The first-order valence-corrected chi connectivity index (χ1v) is 10.6. The van der Waals surface area contributed by atoms with Gasteiger partial charge in [0.15, 0.2) is 22.7 Å². The zero-order chi connectivity index (χ0) is 19.3. The third-order valence-electron chi connectivity index (χ3n) is 5.06. The van der Waals surface area contributed by atoms with Gasteiger partial charge in [0, 0.05) is 17.4 Å². The van der Waals surface area contributed by atoms with Gasteiger partial charge >= 0.3 is 0 Å². The molecule has 0 aliphatic heterocycles. The van der Waals surface area contributed by atoms with Crippen LogP contribution >= 0.6 is 8.01 Å². The van der Waals surface area contributed by atoms with Gasteiger partial charge in [0.25, 0.3) is 0 Å². The van der Waals surface area contributed by atoms with E-state index in [0.29, 0.717) is 22.7 Å². The van der Waals surface area contributed by atoms with E-state index in [1.54, 1.807) is 14.2 Å². The number of hydrogen-bond donors (Lipinski definition) is 0. The Morgan fingerprint density at radius 2 is 1.11 bits per heavy atom. The van der Waals surface area contributed by atoms with Crippen LogP contribution in [0.5, 0.6) is 11.5 Å². The first-order chi connectivity index (χ1) is 13.7. The second kappa shape index (κ2) is 6.50. The number of aryl methyl sites for hydroxylation is 1. The third kappa shape index (κ3) is 2.45. The van der Waals surface area contributed by atoms with Crippen molar-refractivity contribution in [2.45, 2.75) is 0 Å². The number of ether oxygens (including phenoxy) is 2. The molecule has 0 radical (unpaired) electrons. The molecule has 0 aliphatic carbocycles. The summed E-state index contributed by atoms with van der Waals surface area (Å²) in [6.45, 7) is 1.94. The van der Waals surface area contributed by atoms with Crippen molar-refractivity contribution in [1.82, 2.24) is 0 Å². The first-order valence-electron chi connectivity index (χ1n) is 9.00. The molecular formula is C23H19O4P. The van der Waals surface area contributed by atoms with E-state index >= 15 is 0 Å². The molecule has 28 heavy (non-hydrogen) atoms. The summed E-state index contributed by atoms with van der Waals surface area (Å²) in [5, 5.41) is 6.31. The number of methoxy groups -OCH3 is 2. The molecule has 5 rings (SSSR count). The highest BCUT2D eigenvalue weighted by Crippen LogP contribution is 2.45. The second-order valence-corrected chi connectivity index (χ2v) is 7.87. The highest BCUT2D eigenvalue weighted by atomic mass is 31.1. The van der Waals surface area contributed by atoms with Crippen molar-refractivity contribution < 1.29 is 17.9 Å². The van der Waals surface area contributed by atoms with Crippen LogP contribution in [-0.2, 0) is 6.66 Å². The minimum Gasteiger partial charge on any atom is -0.493 e. The molecule has 4 nitrogen and oxygen atoms in total. The molecule has 4 aromatic carbocycles. The number of benzene rings is 4. The molecule has 0 saturated heterocycles. The molecular weight excluding hydrogens is 371 g/mol. The van der Waals surface area contributed by atoms with Crippen molar-refractivity contribution in [3.8, 4) is 11.5 Å². The zero-order valence-electron chi connectivity index (χ0n) is 15.9. The molecule has 5 aromatic rings. The molecule has 1 aromatic heterocycles. The van der Waals surface area contributed by atoms with Crippen LogP contribution in [-0.4, -0.2) is 14.2 Å². The number of hydrogen-bond acceptors (Lipinski definition) is 4. The van der Waals surface area contributed by atoms with Gasteiger partial charge < -0.3 is 17.9 Å². The van der Waals surface area contributed by atoms with E-state index in [1.165, 1.54) is 0 Å². The summed E-state index contributed by atoms with van der Waals surface area (Å²) in [6.07, 6.45) is 0. The van der Waals surface area contributed by atoms with Gasteiger partial charge in [-0.25, -0.2) is 0 Å². The molecule has 0 spiro atoms. The lowest BCUT2D eigenvalue weighted by atomic mass is 9.98. The molecule has 0 unspecified atom stereocenters. The van der Waals surface area contributed by atoms with Crippen LogP contribution in [0.15, 0.2) is 69.1 Å². The summed E-state index contributed by atoms with van der Waals surface area (Å²) in [7, 11) is 2.13. The van der Waals surface area contributed by atoms with Gasteiger partial charge in [0.05, 0.1) is 14.2 Å². The van der Waals surface area contributed by atoms with Crippen molar-refractivity contribution in [1.29, 1.82) is 0 Å². The van der Waals surface area contributed by atoms with Crippen LogP contribution < -0.4 is 9.47 Å². The summed E-state index contributed by atoms with van der Waals surface area (Å²) in [4.78, 5) is 0. The van der Waals surface area contributed by atoms with Crippen LogP contribution in [0.3, 0.4) is 0 Å². The van der Waals surface area contributed by atoms with Crippen LogP contribution in [0.4, 0.5) is 0 Å². The average molecular weight is 390 g/mol. The fraction of sp³-hybridized carbons (Fsp3) is 0.130. The Labute approximate surface area is 162 Å². The van der Waals surface area contributed by atoms with Gasteiger partial charge in [-0.15, -0.1) is 0 Å². The second-order valence-electron chi connectivity index (χ2n) is 6.63. The molecule has 0 fully saturated rings. The Balaban J connectivity index is 2.25. The Morgan fingerprint density at radius 3 is 1.54 bits per heavy atom. The Hall–Kier alpha value is -3.10. The quantitative estimate of drug-likeness (QED) is 0.321. The molecule has 140 valence electrons. The van der Waals surface area contributed by atoms with E-state index in [9.17, 15) is 0 Å². The molecule has 0 amide bonds. The van der Waals surface area contributed by atoms with Crippen LogP contribution in [0, 0.1) is 0 Å². The molecule has 0 aliphatic rings. The minimum absolute atomic E-state index is 0.700. The van der Waals surface area contributed by atoms with E-state index in [4.69, 9.17) is 17.9 Å². The average Bonchev–Trinajstić information content (AvgIpc) is 2.88. The van der Waals surface area contributed by atoms with E-state index in [-0.39, 0.29) is 0 Å². The summed E-state index contributed by atoms with van der Waals surface area (Å²) >= 11 is 0. The van der Waals surface area contributed by atoms with Crippen molar-refractivity contribution in [3.63, 3.8) is 0 Å². The van der Waals surface area contributed by atoms with Crippen molar-refractivity contribution >= 4 is 51.5 Å². The fourth-order valence-electron chi connectivity index (χ4n) is 3.86. The summed E-state index contributed by atoms with van der Waals surface area (Å²) in [5.74, 6) is 1.40. The normalized spacial score (nSPS) is 11.4. The standard InChI is InChI=1S/C23H19O4P/c1-24-18-12-14-8-4-6-10-16(14)20-21-17-11-7-5-9-15(17)13-19(25-2)23(21)27-28(3)26-22(18)20/h4-13H,1-3H3. The largest absolute Gasteiger partial charge is 0.493 e. The molecule has 1 heterocycles. The molecule has 5 heteroatoms. The predicted molar refractivity (Wildman–Crippen MR) is 115 cm³/mol. The van der Waals surface area contributed by atoms with E-state index in [2.05, 4.69) is 24.3 Å². The minimum atomic E-state index is -1.21. The monoisotopic (exact) mass is 390 g/mol. The van der Waals surface area contributed by atoms with Crippen LogP contribution in [0.1, 0.15) is 0 Å². The van der Waals surface area contributed by atoms with Crippen molar-refractivity contribution in [3.05, 3.63) is 60.7 Å². The van der Waals surface area contributed by atoms with Gasteiger partial charge in [-0.3, -0.25) is 0 Å². The zero-order valence-corrected chi connectivity index (χ0v) is 16.7. The highest BCUT2D eigenvalue weighted by Gasteiger charge is 2.18. The lowest BCUT2D eigenvalue weighted by molar-refractivity contribution is 0.411. The summed E-state index contributed by atoms with van der Waals surface area (Å²) < 4.78 is 24.0. The molecule has 0 N–H and O–H groups in total. The molecule has 0 atom stereocenters. The Morgan fingerprint density at radius 1 is 0.679 bits per heavy atom. The molecule has 0 saturated carbocycles. The maximum Gasteiger partial charge on any atom is 0.213 e. The number of fused-ring (bicyclic) bond motifs is 7. The van der Waals surface area contributed by atoms with Gasteiger partial charge in [0.1, 0.15) is 0 Å². The van der Waals surface area contributed by atoms with Crippen molar-refractivity contribution in [2.24, 2.45) is 6.66 Å². The van der Waals surface area contributed by atoms with Crippen LogP contribution in [0.25, 0.3) is 43.5 Å². The van der Waals surface area contributed by atoms with E-state index < -0.39 is 8.01 Å². The fourth-order valence-corrected chi connectivity index (χ4v) is 4.78. The SMILES string of the molecule is COc1cc2ccccc2c2c1op(C)oc1c(OC)cc3ccccc3c12. The maximum atomic E-state index is 6.28. The number of rotatable bonds is 2. The predicted octanol–water partition coefficient (Wildman–Crippen LogP) is 7.15. The van der Waals surface area contributed by atoms with Gasteiger partial charge in [-0.05, 0) is 33.7 Å². The Bertz CT molecular complexity index is 1300. The van der Waals surface area contributed by atoms with Crippen LogP contribution in [0.2, 0.25) is 0 Å². The van der Waals surface area contributed by atoms with Gasteiger partial charge in [-0.1, -0.05) is 48.5 Å². The van der Waals surface area contributed by atoms with E-state index in [1.807, 2.05) is 43.1 Å². The third-order valence-corrected chi connectivity index (χ3v) is 5.94. The summed E-state index contributed by atoms with van der Waals surface area (Å²) in [5.41, 5.74) is 1.43. The first kappa shape index (κ1) is 17.0. The molecule has 0 bridgehead atoms. The topological polar surface area (TPSA) is 44.7 Å². The lowest BCUT2D eigenvalue weighted by Crippen LogP contribution is -1.88. The lowest BCUT2D eigenvalue weighted by Gasteiger charge is -2.10. The Kier molecular flexibility index (Phi) is 3.96. The van der Waals surface area contributed by atoms with Gasteiger partial charge in [-0.2, -0.15) is 0 Å². The van der Waals surface area contributed by atoms with Gasteiger partial charge in [0.2, 0.25) is 8.01 Å². The maximum absolute atomic E-state index is 6.28. The van der Waals surface area contributed by atoms with Crippen molar-refractivity contribution in [2.75, 3.05) is 14.2 Å². The van der Waals surface area contributed by atoms with E-state index in [0.717, 1.165) is 32.3 Å².